The van der Waals surface area contributed by atoms with Gasteiger partial charge in [0.25, 0.3) is 0 Å². The molecule has 2 aromatic carbocycles. The fourth-order valence-corrected chi connectivity index (χ4v) is 10.5. The van der Waals surface area contributed by atoms with Crippen molar-refractivity contribution in [1.29, 1.82) is 0 Å². The summed E-state index contributed by atoms with van der Waals surface area (Å²) in [6, 6.07) is 19.3. The maximum absolute atomic E-state index is 13.3. The number of carbonyl (C=O) groups excluding carboxylic acids is 2. The third kappa shape index (κ3) is 6.95. The van der Waals surface area contributed by atoms with Crippen molar-refractivity contribution >= 4 is 28.1 Å². The number of hydrogen-bond acceptors (Lipinski definition) is 4. The van der Waals surface area contributed by atoms with E-state index in [-0.39, 0.29) is 25.2 Å². The molecule has 0 amide bonds. The van der Waals surface area contributed by atoms with Gasteiger partial charge < -0.3 is 9.47 Å². The third-order valence-corrected chi connectivity index (χ3v) is 10.4. The van der Waals surface area contributed by atoms with E-state index in [0.717, 1.165) is 11.1 Å². The maximum atomic E-state index is 13.3. The van der Waals surface area contributed by atoms with Crippen LogP contribution < -0.4 is 0 Å². The minimum absolute atomic E-state index is 0.220. The summed E-state index contributed by atoms with van der Waals surface area (Å²) in [6.07, 6.45) is 0. The van der Waals surface area contributed by atoms with Crippen molar-refractivity contribution in [3.05, 3.63) is 71.8 Å². The summed E-state index contributed by atoms with van der Waals surface area (Å²) in [6.45, 7) is 13.2. The minimum Gasteiger partial charge on any atom is -0.461 e. The van der Waals surface area contributed by atoms with Gasteiger partial charge in [0.1, 0.15) is 13.2 Å². The molecule has 0 N–H and O–H groups in total. The molecule has 0 aliphatic carbocycles. The summed E-state index contributed by atoms with van der Waals surface area (Å²) in [5.41, 5.74) is 1.01. The van der Waals surface area contributed by atoms with Gasteiger partial charge in [0, 0.05) is 0 Å². The second kappa shape index (κ2) is 10.2. The van der Waals surface area contributed by atoms with Crippen molar-refractivity contribution in [2.75, 3.05) is 0 Å². The lowest BCUT2D eigenvalue weighted by molar-refractivity contribution is -0.152. The topological polar surface area (TPSA) is 52.6 Å². The predicted octanol–water partition coefficient (Wildman–Crippen LogP) is 5.89. The van der Waals surface area contributed by atoms with Gasteiger partial charge in [-0.05, 0) is 11.1 Å². The van der Waals surface area contributed by atoms with Crippen LogP contribution in [0.1, 0.15) is 11.1 Å². The van der Waals surface area contributed by atoms with Gasteiger partial charge in [-0.25, -0.2) is 0 Å². The van der Waals surface area contributed by atoms with Crippen molar-refractivity contribution in [1.82, 2.24) is 0 Å². The highest BCUT2D eigenvalue weighted by atomic mass is 28.3. The van der Waals surface area contributed by atoms with Crippen LogP contribution in [0.25, 0.3) is 0 Å². The second-order valence-electron chi connectivity index (χ2n) is 9.87. The fourth-order valence-electron chi connectivity index (χ4n) is 3.62. The van der Waals surface area contributed by atoms with Crippen LogP contribution in [0.15, 0.2) is 60.7 Å². The van der Waals surface area contributed by atoms with Crippen LogP contribution >= 0.6 is 0 Å². The molecule has 0 radical (unpaired) electrons. The van der Waals surface area contributed by atoms with E-state index in [9.17, 15) is 9.59 Å². The summed E-state index contributed by atoms with van der Waals surface area (Å²) in [7, 11) is -4.15. The Morgan fingerprint density at radius 1 is 0.633 bits per heavy atom. The Hall–Kier alpha value is -2.19. The van der Waals surface area contributed by atoms with Crippen LogP contribution in [-0.2, 0) is 32.3 Å². The second-order valence-corrected chi connectivity index (χ2v) is 20.6. The Bertz CT molecular complexity index is 752. The molecule has 0 saturated heterocycles. The molecule has 0 aliphatic rings. The number of esters is 2. The van der Waals surface area contributed by atoms with Crippen LogP contribution in [0.2, 0.25) is 50.4 Å². The van der Waals surface area contributed by atoms with Crippen LogP contribution in [0, 0.1) is 0 Å². The monoisotopic (exact) mass is 442 g/mol. The van der Waals surface area contributed by atoms with Crippen molar-refractivity contribution < 1.29 is 19.1 Å². The van der Waals surface area contributed by atoms with Crippen molar-refractivity contribution in [2.24, 2.45) is 0 Å². The molecule has 0 saturated carbocycles. The summed E-state index contributed by atoms with van der Waals surface area (Å²) in [5.74, 6) is -0.552. The first-order chi connectivity index (χ1) is 14.0. The van der Waals surface area contributed by atoms with Gasteiger partial charge in [-0.3, -0.25) is 9.59 Å². The lowest BCUT2D eigenvalue weighted by atomic mass is 10.2. The van der Waals surface area contributed by atoms with Crippen molar-refractivity contribution in [3.8, 4) is 0 Å². The van der Waals surface area contributed by atoms with E-state index in [1.807, 2.05) is 60.7 Å². The summed E-state index contributed by atoms with van der Waals surface area (Å²) in [5, 5.41) is 0. The van der Waals surface area contributed by atoms with Crippen molar-refractivity contribution in [2.45, 2.75) is 63.6 Å². The molecule has 2 aromatic rings. The maximum Gasteiger partial charge on any atom is 0.307 e. The normalized spacial score (nSPS) is 13.9. The highest BCUT2D eigenvalue weighted by Crippen LogP contribution is 2.43. The first-order valence-corrected chi connectivity index (χ1v) is 17.6. The van der Waals surface area contributed by atoms with E-state index in [4.69, 9.17) is 9.47 Å². The van der Waals surface area contributed by atoms with Gasteiger partial charge in [-0.2, -0.15) is 0 Å². The van der Waals surface area contributed by atoms with Crippen LogP contribution in [0.4, 0.5) is 0 Å². The predicted molar refractivity (Wildman–Crippen MR) is 127 cm³/mol. The average molecular weight is 443 g/mol. The first-order valence-electron chi connectivity index (χ1n) is 10.4. The average Bonchev–Trinajstić information content (AvgIpc) is 2.68. The lowest BCUT2D eigenvalue weighted by Crippen LogP contribution is -2.48. The Morgan fingerprint density at radius 3 is 1.20 bits per heavy atom. The third-order valence-electron chi connectivity index (χ3n) is 5.16. The zero-order chi connectivity index (χ0) is 22.4. The Labute approximate surface area is 182 Å². The molecule has 2 unspecified atom stereocenters. The van der Waals surface area contributed by atoms with Gasteiger partial charge in [0.05, 0.1) is 27.2 Å². The van der Waals surface area contributed by atoms with Gasteiger partial charge in [-0.1, -0.05) is 99.9 Å². The number of rotatable bonds is 9. The highest BCUT2D eigenvalue weighted by Gasteiger charge is 2.50. The van der Waals surface area contributed by atoms with E-state index in [2.05, 4.69) is 39.3 Å². The quantitative estimate of drug-likeness (QED) is 0.359. The number of carbonyl (C=O) groups is 2. The summed E-state index contributed by atoms with van der Waals surface area (Å²) < 4.78 is 11.4. The summed E-state index contributed by atoms with van der Waals surface area (Å²) in [4.78, 5) is 26.5. The Morgan fingerprint density at radius 2 is 0.933 bits per heavy atom. The molecule has 2 rings (SSSR count). The smallest absolute Gasteiger partial charge is 0.307 e. The number of benzene rings is 2. The zero-order valence-corrected chi connectivity index (χ0v) is 21.0. The van der Waals surface area contributed by atoms with E-state index >= 15 is 0 Å². The first kappa shape index (κ1) is 24.1. The van der Waals surface area contributed by atoms with Gasteiger partial charge in [-0.15, -0.1) is 0 Å². The number of ether oxygens (including phenoxy) is 2. The molecule has 4 nitrogen and oxygen atoms in total. The van der Waals surface area contributed by atoms with Crippen molar-refractivity contribution in [3.63, 3.8) is 0 Å². The molecule has 0 heterocycles. The molecule has 162 valence electrons. The summed E-state index contributed by atoms with van der Waals surface area (Å²) >= 11 is 0. The minimum atomic E-state index is -2.07. The van der Waals surface area contributed by atoms with E-state index < -0.39 is 27.2 Å². The standard InChI is InChI=1S/C24H34O4Si2/c1-29(2,3)21(23(25)27-17-19-13-9-7-10-14-19)22(30(4,5)6)24(26)28-18-20-15-11-8-12-16-20/h7-16,21-22H,17-18H2,1-6H3. The number of hydrogen-bond donors (Lipinski definition) is 0. The van der Waals surface area contributed by atoms with E-state index in [1.165, 1.54) is 0 Å². The molecular weight excluding hydrogens is 408 g/mol. The Balaban J connectivity index is 2.22. The molecule has 0 aliphatic heterocycles. The van der Waals surface area contributed by atoms with E-state index in [1.54, 1.807) is 0 Å². The molecule has 0 aromatic heterocycles. The highest BCUT2D eigenvalue weighted by molar-refractivity contribution is 6.87. The van der Waals surface area contributed by atoms with Crippen LogP contribution in [0.3, 0.4) is 0 Å². The molecule has 0 bridgehead atoms. The molecular formula is C24H34O4Si2. The zero-order valence-electron chi connectivity index (χ0n) is 19.0. The molecule has 0 spiro atoms. The van der Waals surface area contributed by atoms with Gasteiger partial charge in [0.15, 0.2) is 0 Å². The van der Waals surface area contributed by atoms with Crippen LogP contribution in [0.5, 0.6) is 0 Å². The van der Waals surface area contributed by atoms with Crippen LogP contribution in [-0.4, -0.2) is 28.1 Å². The largest absolute Gasteiger partial charge is 0.461 e. The van der Waals surface area contributed by atoms with E-state index in [0.29, 0.717) is 0 Å². The molecule has 30 heavy (non-hydrogen) atoms. The lowest BCUT2D eigenvalue weighted by Gasteiger charge is -2.38. The molecule has 0 fully saturated rings. The van der Waals surface area contributed by atoms with Gasteiger partial charge in [0.2, 0.25) is 0 Å². The van der Waals surface area contributed by atoms with Gasteiger partial charge >= 0.3 is 11.9 Å². The molecule has 6 heteroatoms. The Kier molecular flexibility index (Phi) is 8.20. The molecule has 2 atom stereocenters. The fraction of sp³-hybridized carbons (Fsp3) is 0.417. The SMILES string of the molecule is C[Si](C)(C)C(C(=O)OCc1ccccc1)C(C(=O)OCc1ccccc1)[Si](C)(C)C.